The lowest BCUT2D eigenvalue weighted by molar-refractivity contribution is 0.0949. The fourth-order valence-corrected chi connectivity index (χ4v) is 1.24. The second kappa shape index (κ2) is 4.69. The number of aromatic nitrogens is 4. The van der Waals surface area contributed by atoms with Crippen LogP contribution >= 0.6 is 0 Å². The predicted octanol–water partition coefficient (Wildman–Crippen LogP) is 0.279. The van der Waals surface area contributed by atoms with Crippen LogP contribution in [-0.2, 0) is 13.6 Å². The molecular weight excluding hydrogens is 225 g/mol. The number of aryl methyl sites for hydroxylation is 1. The monoisotopic (exact) mass is 235 g/mol. The van der Waals surface area contributed by atoms with Gasteiger partial charge in [0, 0.05) is 13.2 Å². The van der Waals surface area contributed by atoms with E-state index < -0.39 is 5.95 Å². The molecule has 0 aliphatic heterocycles. The molecule has 0 atom stereocenters. The summed E-state index contributed by atoms with van der Waals surface area (Å²) in [6.07, 6.45) is 2.72. The molecule has 1 amide bonds. The van der Waals surface area contributed by atoms with Gasteiger partial charge in [-0.15, -0.1) is 10.2 Å². The largest absolute Gasteiger partial charge is 0.345 e. The fraction of sp³-hybridized carbons (Fsp3) is 0.200. The van der Waals surface area contributed by atoms with Crippen LogP contribution in [0.2, 0.25) is 0 Å². The maximum atomic E-state index is 12.5. The Morgan fingerprint density at radius 3 is 2.94 bits per heavy atom. The van der Waals surface area contributed by atoms with Crippen molar-refractivity contribution in [3.63, 3.8) is 0 Å². The Morgan fingerprint density at radius 1 is 1.53 bits per heavy atom. The standard InChI is InChI=1S/C10H10FN5O/c1-16-6-14-15-9(16)5-13-10(17)7-2-3-8(11)12-4-7/h2-4,6H,5H2,1H3,(H,13,17). The van der Waals surface area contributed by atoms with Crippen LogP contribution in [0.5, 0.6) is 0 Å². The van der Waals surface area contributed by atoms with E-state index in [0.717, 1.165) is 6.07 Å². The molecule has 1 N–H and O–H groups in total. The molecule has 88 valence electrons. The summed E-state index contributed by atoms with van der Waals surface area (Å²) in [4.78, 5) is 15.0. The van der Waals surface area contributed by atoms with E-state index in [0.29, 0.717) is 11.4 Å². The molecule has 0 spiro atoms. The topological polar surface area (TPSA) is 72.7 Å². The second-order valence-corrected chi connectivity index (χ2v) is 3.41. The van der Waals surface area contributed by atoms with E-state index in [-0.39, 0.29) is 12.5 Å². The highest BCUT2D eigenvalue weighted by Crippen LogP contribution is 1.99. The van der Waals surface area contributed by atoms with E-state index in [9.17, 15) is 9.18 Å². The lowest BCUT2D eigenvalue weighted by Crippen LogP contribution is -2.24. The molecule has 0 saturated carbocycles. The predicted molar refractivity (Wildman–Crippen MR) is 56.4 cm³/mol. The fourth-order valence-electron chi connectivity index (χ4n) is 1.24. The molecule has 0 aliphatic rings. The number of hydrogen-bond donors (Lipinski definition) is 1. The van der Waals surface area contributed by atoms with E-state index in [4.69, 9.17) is 0 Å². The number of carbonyl (C=O) groups excluding carboxylic acids is 1. The first-order chi connectivity index (χ1) is 8.16. The zero-order valence-electron chi connectivity index (χ0n) is 9.09. The number of hydrogen-bond acceptors (Lipinski definition) is 4. The highest BCUT2D eigenvalue weighted by molar-refractivity contribution is 5.93. The van der Waals surface area contributed by atoms with Gasteiger partial charge in [0.15, 0.2) is 5.82 Å². The molecule has 2 rings (SSSR count). The van der Waals surface area contributed by atoms with Gasteiger partial charge in [-0.05, 0) is 12.1 Å². The van der Waals surface area contributed by atoms with Gasteiger partial charge < -0.3 is 9.88 Å². The van der Waals surface area contributed by atoms with Gasteiger partial charge in [0.05, 0.1) is 12.1 Å². The Bertz CT molecular complexity index is 522. The Morgan fingerprint density at radius 2 is 2.35 bits per heavy atom. The molecule has 0 aromatic carbocycles. The summed E-state index contributed by atoms with van der Waals surface area (Å²) < 4.78 is 14.2. The van der Waals surface area contributed by atoms with Gasteiger partial charge in [-0.1, -0.05) is 0 Å². The zero-order chi connectivity index (χ0) is 12.3. The van der Waals surface area contributed by atoms with Gasteiger partial charge in [0.2, 0.25) is 5.95 Å². The molecule has 0 bridgehead atoms. The van der Waals surface area contributed by atoms with Crippen LogP contribution in [0, 0.1) is 5.95 Å². The highest BCUT2D eigenvalue weighted by Gasteiger charge is 2.07. The van der Waals surface area contributed by atoms with Crippen LogP contribution in [-0.4, -0.2) is 25.7 Å². The molecule has 0 unspecified atom stereocenters. The Hall–Kier alpha value is -2.31. The molecule has 2 heterocycles. The van der Waals surface area contributed by atoms with E-state index in [1.54, 1.807) is 17.9 Å². The minimum absolute atomic E-state index is 0.257. The van der Waals surface area contributed by atoms with Gasteiger partial charge >= 0.3 is 0 Å². The van der Waals surface area contributed by atoms with Crippen LogP contribution in [0.3, 0.4) is 0 Å². The summed E-state index contributed by atoms with van der Waals surface area (Å²) in [6, 6.07) is 2.51. The first-order valence-corrected chi connectivity index (χ1v) is 4.89. The van der Waals surface area contributed by atoms with E-state index in [1.165, 1.54) is 12.3 Å². The van der Waals surface area contributed by atoms with E-state index in [2.05, 4.69) is 20.5 Å². The number of pyridine rings is 1. The first kappa shape index (κ1) is 11.2. The average Bonchev–Trinajstić information content (AvgIpc) is 2.73. The number of rotatable bonds is 3. The minimum Gasteiger partial charge on any atom is -0.345 e. The van der Waals surface area contributed by atoms with Gasteiger partial charge in [-0.3, -0.25) is 4.79 Å². The molecule has 2 aromatic rings. The van der Waals surface area contributed by atoms with Gasteiger partial charge in [0.1, 0.15) is 6.33 Å². The smallest absolute Gasteiger partial charge is 0.253 e. The quantitative estimate of drug-likeness (QED) is 0.775. The Kier molecular flexibility index (Phi) is 3.08. The third-order valence-electron chi connectivity index (χ3n) is 2.20. The van der Waals surface area contributed by atoms with Crippen LogP contribution in [0.4, 0.5) is 4.39 Å². The lowest BCUT2D eigenvalue weighted by Gasteiger charge is -2.04. The van der Waals surface area contributed by atoms with Gasteiger partial charge in [0.25, 0.3) is 5.91 Å². The Labute approximate surface area is 96.5 Å². The van der Waals surface area contributed by atoms with Crippen molar-refractivity contribution < 1.29 is 9.18 Å². The number of nitrogens with one attached hydrogen (secondary N) is 1. The van der Waals surface area contributed by atoms with E-state index >= 15 is 0 Å². The van der Waals surface area contributed by atoms with Gasteiger partial charge in [-0.25, -0.2) is 4.98 Å². The van der Waals surface area contributed by atoms with Crippen molar-refractivity contribution in [3.8, 4) is 0 Å². The highest BCUT2D eigenvalue weighted by atomic mass is 19.1. The molecular formula is C10H10FN5O. The summed E-state index contributed by atoms with van der Waals surface area (Å²) in [6.45, 7) is 0.257. The van der Waals surface area contributed by atoms with Crippen LogP contribution in [0.15, 0.2) is 24.7 Å². The molecule has 7 heteroatoms. The number of nitrogens with zero attached hydrogens (tertiary/aromatic N) is 4. The van der Waals surface area contributed by atoms with Crippen molar-refractivity contribution in [2.75, 3.05) is 0 Å². The minimum atomic E-state index is -0.616. The lowest BCUT2D eigenvalue weighted by atomic mass is 10.2. The molecule has 2 aromatic heterocycles. The number of carbonyl (C=O) groups is 1. The summed E-state index contributed by atoms with van der Waals surface area (Å²) in [5, 5.41) is 10.1. The van der Waals surface area contributed by atoms with Crippen molar-refractivity contribution >= 4 is 5.91 Å². The van der Waals surface area contributed by atoms with Crippen LogP contribution in [0.25, 0.3) is 0 Å². The first-order valence-electron chi connectivity index (χ1n) is 4.89. The van der Waals surface area contributed by atoms with Crippen molar-refractivity contribution in [1.29, 1.82) is 0 Å². The maximum absolute atomic E-state index is 12.5. The maximum Gasteiger partial charge on any atom is 0.253 e. The Balaban J connectivity index is 1.98. The van der Waals surface area contributed by atoms with Crippen molar-refractivity contribution in [3.05, 3.63) is 42.0 Å². The third kappa shape index (κ3) is 2.63. The normalized spacial score (nSPS) is 10.2. The molecule has 17 heavy (non-hydrogen) atoms. The van der Waals surface area contributed by atoms with Crippen molar-refractivity contribution in [2.45, 2.75) is 6.54 Å². The SMILES string of the molecule is Cn1cnnc1CNC(=O)c1ccc(F)nc1. The van der Waals surface area contributed by atoms with E-state index in [1.807, 2.05) is 0 Å². The number of halogens is 1. The summed E-state index contributed by atoms with van der Waals surface area (Å²) in [5.41, 5.74) is 0.300. The molecule has 6 nitrogen and oxygen atoms in total. The summed E-state index contributed by atoms with van der Waals surface area (Å²) in [7, 11) is 1.78. The average molecular weight is 235 g/mol. The van der Waals surface area contributed by atoms with Crippen LogP contribution in [0.1, 0.15) is 16.2 Å². The van der Waals surface area contributed by atoms with Crippen LogP contribution < -0.4 is 5.32 Å². The summed E-state index contributed by atoms with van der Waals surface area (Å²) in [5.74, 6) is -0.316. The molecule has 0 saturated heterocycles. The van der Waals surface area contributed by atoms with Crippen molar-refractivity contribution in [1.82, 2.24) is 25.1 Å². The molecule has 0 aliphatic carbocycles. The number of amides is 1. The van der Waals surface area contributed by atoms with Gasteiger partial charge in [-0.2, -0.15) is 4.39 Å². The molecule has 0 radical (unpaired) electrons. The van der Waals surface area contributed by atoms with Crippen molar-refractivity contribution in [2.24, 2.45) is 7.05 Å². The molecule has 0 fully saturated rings. The second-order valence-electron chi connectivity index (χ2n) is 3.41. The third-order valence-corrected chi connectivity index (χ3v) is 2.20. The summed E-state index contributed by atoms with van der Waals surface area (Å²) >= 11 is 0. The zero-order valence-corrected chi connectivity index (χ0v) is 9.09.